The molecule has 27 heavy (non-hydrogen) atoms. The molecule has 0 N–H and O–H groups in total. The Balaban J connectivity index is 1.66. The number of anilines is 1. The summed E-state index contributed by atoms with van der Waals surface area (Å²) in [4.78, 5) is 32.3. The molecule has 8 heteroatoms. The number of pyridine rings is 1. The van der Waals surface area contributed by atoms with Crippen molar-refractivity contribution in [2.24, 2.45) is 0 Å². The Hall–Kier alpha value is -2.77. The SMILES string of the molecule is CCOC(=O)c1cn2ccc(N3CCN(C(=O)OC(C)(C)C)CC3)cc2n1. The minimum absolute atomic E-state index is 0.273. The Labute approximate surface area is 158 Å². The molecule has 0 bridgehead atoms. The highest BCUT2D eigenvalue weighted by Crippen LogP contribution is 2.20. The van der Waals surface area contributed by atoms with Crippen LogP contribution in [0.2, 0.25) is 0 Å². The third kappa shape index (κ3) is 4.50. The zero-order valence-electron chi connectivity index (χ0n) is 16.3. The molecule has 0 unspecified atom stereocenters. The van der Waals surface area contributed by atoms with E-state index in [0.717, 1.165) is 5.69 Å². The van der Waals surface area contributed by atoms with Crippen molar-refractivity contribution in [1.82, 2.24) is 14.3 Å². The molecule has 0 spiro atoms. The van der Waals surface area contributed by atoms with E-state index < -0.39 is 11.6 Å². The van der Waals surface area contributed by atoms with Crippen LogP contribution in [0, 0.1) is 0 Å². The van der Waals surface area contributed by atoms with Gasteiger partial charge in [-0.2, -0.15) is 0 Å². The fraction of sp³-hybridized carbons (Fsp3) is 0.526. The lowest BCUT2D eigenvalue weighted by Crippen LogP contribution is -2.50. The maximum Gasteiger partial charge on any atom is 0.410 e. The molecule has 146 valence electrons. The molecular formula is C19H26N4O4. The highest BCUT2D eigenvalue weighted by atomic mass is 16.6. The second-order valence-electron chi connectivity index (χ2n) is 7.45. The van der Waals surface area contributed by atoms with Gasteiger partial charge in [0.2, 0.25) is 0 Å². The van der Waals surface area contributed by atoms with Crippen LogP contribution in [0.1, 0.15) is 38.2 Å². The highest BCUT2D eigenvalue weighted by Gasteiger charge is 2.26. The van der Waals surface area contributed by atoms with Gasteiger partial charge in [-0.3, -0.25) is 0 Å². The predicted molar refractivity (Wildman–Crippen MR) is 101 cm³/mol. The van der Waals surface area contributed by atoms with Crippen LogP contribution < -0.4 is 4.90 Å². The van der Waals surface area contributed by atoms with Crippen molar-refractivity contribution in [2.75, 3.05) is 37.7 Å². The summed E-state index contributed by atoms with van der Waals surface area (Å²) >= 11 is 0. The van der Waals surface area contributed by atoms with Gasteiger partial charge in [0.1, 0.15) is 11.2 Å². The molecule has 2 aromatic heterocycles. The molecule has 0 aliphatic carbocycles. The summed E-state index contributed by atoms with van der Waals surface area (Å²) in [5, 5.41) is 0. The number of fused-ring (bicyclic) bond motifs is 1. The normalized spacial score (nSPS) is 15.1. The molecule has 3 rings (SSSR count). The summed E-state index contributed by atoms with van der Waals surface area (Å²) in [6.07, 6.45) is 3.27. The van der Waals surface area contributed by atoms with Crippen LogP contribution in [-0.4, -0.2) is 64.7 Å². The van der Waals surface area contributed by atoms with Gasteiger partial charge in [0.25, 0.3) is 0 Å². The smallest absolute Gasteiger partial charge is 0.410 e. The van der Waals surface area contributed by atoms with E-state index in [2.05, 4.69) is 9.88 Å². The predicted octanol–water partition coefficient (Wildman–Crippen LogP) is 2.57. The third-order valence-corrected chi connectivity index (χ3v) is 4.22. The van der Waals surface area contributed by atoms with Gasteiger partial charge >= 0.3 is 12.1 Å². The average Bonchev–Trinajstić information content (AvgIpc) is 3.04. The number of imidazole rings is 1. The van der Waals surface area contributed by atoms with E-state index in [1.165, 1.54) is 0 Å². The van der Waals surface area contributed by atoms with E-state index in [9.17, 15) is 9.59 Å². The minimum Gasteiger partial charge on any atom is -0.461 e. The van der Waals surface area contributed by atoms with Gasteiger partial charge < -0.3 is 23.7 Å². The summed E-state index contributed by atoms with van der Waals surface area (Å²) < 4.78 is 12.2. The van der Waals surface area contributed by atoms with Crippen molar-refractivity contribution >= 4 is 23.4 Å². The van der Waals surface area contributed by atoms with E-state index in [-0.39, 0.29) is 6.09 Å². The number of carbonyl (C=O) groups is 2. The van der Waals surface area contributed by atoms with Crippen molar-refractivity contribution in [2.45, 2.75) is 33.3 Å². The molecule has 1 amide bonds. The Morgan fingerprint density at radius 2 is 1.89 bits per heavy atom. The number of hydrogen-bond acceptors (Lipinski definition) is 6. The number of nitrogens with zero attached hydrogens (tertiary/aromatic N) is 4. The van der Waals surface area contributed by atoms with Gasteiger partial charge in [-0.05, 0) is 33.8 Å². The molecular weight excluding hydrogens is 348 g/mol. The summed E-state index contributed by atoms with van der Waals surface area (Å²) in [6.45, 7) is 10.3. The highest BCUT2D eigenvalue weighted by molar-refractivity contribution is 5.88. The molecule has 0 aromatic carbocycles. The van der Waals surface area contributed by atoms with Crippen LogP contribution in [0.3, 0.4) is 0 Å². The number of hydrogen-bond donors (Lipinski definition) is 0. The Bertz CT molecular complexity index is 832. The van der Waals surface area contributed by atoms with Crippen molar-refractivity contribution < 1.29 is 19.1 Å². The maximum absolute atomic E-state index is 12.2. The molecule has 0 radical (unpaired) electrons. The van der Waals surface area contributed by atoms with Crippen LogP contribution in [0.4, 0.5) is 10.5 Å². The third-order valence-electron chi connectivity index (χ3n) is 4.22. The summed E-state index contributed by atoms with van der Waals surface area (Å²) in [5.41, 5.74) is 1.50. The number of ether oxygens (including phenoxy) is 2. The monoisotopic (exact) mass is 374 g/mol. The van der Waals surface area contributed by atoms with Crippen molar-refractivity contribution in [1.29, 1.82) is 0 Å². The number of piperazine rings is 1. The van der Waals surface area contributed by atoms with E-state index in [4.69, 9.17) is 9.47 Å². The summed E-state index contributed by atoms with van der Waals surface area (Å²) in [7, 11) is 0. The zero-order valence-corrected chi connectivity index (χ0v) is 16.3. The van der Waals surface area contributed by atoms with Crippen LogP contribution in [0.15, 0.2) is 24.5 Å². The van der Waals surface area contributed by atoms with Crippen LogP contribution in [0.5, 0.6) is 0 Å². The molecule has 1 fully saturated rings. The molecule has 1 aliphatic heterocycles. The van der Waals surface area contributed by atoms with Gasteiger partial charge in [-0.25, -0.2) is 14.6 Å². The fourth-order valence-electron chi connectivity index (χ4n) is 2.94. The lowest BCUT2D eigenvalue weighted by Gasteiger charge is -2.36. The van der Waals surface area contributed by atoms with Gasteiger partial charge in [0, 0.05) is 50.3 Å². The summed E-state index contributed by atoms with van der Waals surface area (Å²) in [5.74, 6) is -0.422. The first kappa shape index (κ1) is 19.0. The molecule has 1 aliphatic rings. The molecule has 3 heterocycles. The van der Waals surface area contributed by atoms with E-state index >= 15 is 0 Å². The molecule has 0 atom stereocenters. The first-order valence-electron chi connectivity index (χ1n) is 9.15. The van der Waals surface area contributed by atoms with Crippen LogP contribution >= 0.6 is 0 Å². The number of esters is 1. The average molecular weight is 374 g/mol. The first-order valence-corrected chi connectivity index (χ1v) is 9.15. The van der Waals surface area contributed by atoms with Gasteiger partial charge in [0.05, 0.1) is 6.61 Å². The van der Waals surface area contributed by atoms with Crippen LogP contribution in [-0.2, 0) is 9.47 Å². The standard InChI is InChI=1S/C19H26N4O4/c1-5-26-17(24)15-13-23-7-6-14(12-16(23)20-15)21-8-10-22(11-9-21)18(25)27-19(2,3)4/h6-7,12-13H,5,8-11H2,1-4H3. The Kier molecular flexibility index (Phi) is 5.25. The molecule has 2 aromatic rings. The lowest BCUT2D eigenvalue weighted by atomic mass is 10.2. The fourth-order valence-corrected chi connectivity index (χ4v) is 2.94. The van der Waals surface area contributed by atoms with Gasteiger partial charge in [-0.15, -0.1) is 0 Å². The number of amides is 1. The van der Waals surface area contributed by atoms with Crippen molar-refractivity contribution in [3.63, 3.8) is 0 Å². The van der Waals surface area contributed by atoms with Gasteiger partial charge in [-0.1, -0.05) is 0 Å². The van der Waals surface area contributed by atoms with Crippen LogP contribution in [0.25, 0.3) is 5.65 Å². The topological polar surface area (TPSA) is 76.4 Å². The van der Waals surface area contributed by atoms with Gasteiger partial charge in [0.15, 0.2) is 5.69 Å². The first-order chi connectivity index (χ1) is 12.8. The van der Waals surface area contributed by atoms with Crippen molar-refractivity contribution in [3.05, 3.63) is 30.2 Å². The van der Waals surface area contributed by atoms with E-state index in [1.807, 2.05) is 39.1 Å². The zero-order chi connectivity index (χ0) is 19.6. The quantitative estimate of drug-likeness (QED) is 0.769. The Morgan fingerprint density at radius 3 is 2.52 bits per heavy atom. The van der Waals surface area contributed by atoms with E-state index in [1.54, 1.807) is 22.4 Å². The number of carbonyl (C=O) groups excluding carboxylic acids is 2. The largest absolute Gasteiger partial charge is 0.461 e. The van der Waals surface area contributed by atoms with Crippen molar-refractivity contribution in [3.8, 4) is 0 Å². The molecule has 8 nitrogen and oxygen atoms in total. The maximum atomic E-state index is 12.2. The molecule has 1 saturated heterocycles. The number of rotatable bonds is 3. The summed E-state index contributed by atoms with van der Waals surface area (Å²) in [6, 6.07) is 3.92. The second-order valence-corrected chi connectivity index (χ2v) is 7.45. The second kappa shape index (κ2) is 7.46. The Morgan fingerprint density at radius 1 is 1.19 bits per heavy atom. The molecule has 0 saturated carbocycles. The van der Waals surface area contributed by atoms with E-state index in [0.29, 0.717) is 44.1 Å². The minimum atomic E-state index is -0.490. The number of aromatic nitrogens is 2. The lowest BCUT2D eigenvalue weighted by molar-refractivity contribution is 0.0240.